The van der Waals surface area contributed by atoms with Crippen LogP contribution in [-0.4, -0.2) is 22.5 Å². The number of carboxylic acids is 1. The van der Waals surface area contributed by atoms with E-state index in [2.05, 4.69) is 5.32 Å². The van der Waals surface area contributed by atoms with Crippen LogP contribution in [0, 0.1) is 10.1 Å². The number of nitrogens with one attached hydrogen (secondary N) is 1. The number of rotatable bonds is 8. The van der Waals surface area contributed by atoms with Crippen LogP contribution in [0.4, 0.5) is 17.1 Å². The van der Waals surface area contributed by atoms with Crippen molar-refractivity contribution in [3.8, 4) is 0 Å². The van der Waals surface area contributed by atoms with Gasteiger partial charge in [0.1, 0.15) is 5.69 Å². The summed E-state index contributed by atoms with van der Waals surface area (Å²) >= 11 is 0. The predicted octanol–water partition coefficient (Wildman–Crippen LogP) is 2.23. The van der Waals surface area contributed by atoms with E-state index in [0.29, 0.717) is 13.0 Å². The first-order chi connectivity index (χ1) is 9.00. The second-order valence-corrected chi connectivity index (χ2v) is 4.16. The van der Waals surface area contributed by atoms with Gasteiger partial charge in [0.25, 0.3) is 5.69 Å². The summed E-state index contributed by atoms with van der Waals surface area (Å²) in [6.45, 7) is 0.677. The molecule has 0 aliphatic carbocycles. The van der Waals surface area contributed by atoms with Crippen LogP contribution >= 0.6 is 0 Å². The lowest BCUT2D eigenvalue weighted by Crippen LogP contribution is -2.03. The first kappa shape index (κ1) is 14.7. The maximum atomic E-state index is 10.6. The molecule has 1 aromatic carbocycles. The van der Waals surface area contributed by atoms with Crippen molar-refractivity contribution in [3.05, 3.63) is 28.3 Å². The molecule has 0 atom stereocenters. The molecule has 0 aliphatic heterocycles. The summed E-state index contributed by atoms with van der Waals surface area (Å²) in [7, 11) is 0. The molecule has 0 saturated carbocycles. The fourth-order valence-corrected chi connectivity index (χ4v) is 1.64. The number of hydrogen-bond donors (Lipinski definition) is 3. The van der Waals surface area contributed by atoms with Crippen molar-refractivity contribution in [1.29, 1.82) is 0 Å². The minimum atomic E-state index is -0.781. The number of nitro groups is 1. The van der Waals surface area contributed by atoms with Gasteiger partial charge < -0.3 is 16.2 Å². The molecule has 0 aliphatic rings. The lowest BCUT2D eigenvalue weighted by atomic mass is 10.2. The van der Waals surface area contributed by atoms with Gasteiger partial charge in [-0.05, 0) is 25.0 Å². The van der Waals surface area contributed by atoms with Crippen LogP contribution in [0.5, 0.6) is 0 Å². The molecule has 0 saturated heterocycles. The zero-order valence-corrected chi connectivity index (χ0v) is 10.5. The first-order valence-corrected chi connectivity index (χ1v) is 6.00. The third-order valence-corrected chi connectivity index (χ3v) is 2.62. The van der Waals surface area contributed by atoms with Gasteiger partial charge in [0.05, 0.1) is 4.92 Å². The van der Waals surface area contributed by atoms with Crippen LogP contribution in [0.1, 0.15) is 25.7 Å². The quantitative estimate of drug-likeness (QED) is 0.287. The van der Waals surface area contributed by atoms with Crippen molar-refractivity contribution < 1.29 is 14.8 Å². The third kappa shape index (κ3) is 5.24. The van der Waals surface area contributed by atoms with E-state index < -0.39 is 10.9 Å². The Morgan fingerprint density at radius 1 is 1.37 bits per heavy atom. The molecule has 7 heteroatoms. The van der Waals surface area contributed by atoms with Crippen LogP contribution in [0.25, 0.3) is 0 Å². The number of aliphatic carboxylic acids is 1. The smallest absolute Gasteiger partial charge is 0.303 e. The van der Waals surface area contributed by atoms with Crippen LogP contribution in [-0.2, 0) is 4.79 Å². The Labute approximate surface area is 110 Å². The molecule has 0 bridgehead atoms. The summed E-state index contributed by atoms with van der Waals surface area (Å²) in [6, 6.07) is 4.49. The maximum Gasteiger partial charge on any atom is 0.303 e. The monoisotopic (exact) mass is 267 g/mol. The van der Waals surface area contributed by atoms with Gasteiger partial charge in [0.2, 0.25) is 0 Å². The Morgan fingerprint density at radius 2 is 2.11 bits per heavy atom. The minimum absolute atomic E-state index is 0.105. The van der Waals surface area contributed by atoms with E-state index in [1.165, 1.54) is 12.1 Å². The van der Waals surface area contributed by atoms with Gasteiger partial charge in [-0.3, -0.25) is 14.9 Å². The van der Waals surface area contributed by atoms with Gasteiger partial charge >= 0.3 is 5.97 Å². The molecule has 0 radical (unpaired) electrons. The Balaban J connectivity index is 2.32. The van der Waals surface area contributed by atoms with Gasteiger partial charge in [-0.2, -0.15) is 0 Å². The Kier molecular flexibility index (Phi) is 5.59. The van der Waals surface area contributed by atoms with Crippen LogP contribution in [0.15, 0.2) is 18.2 Å². The summed E-state index contributed by atoms with van der Waals surface area (Å²) in [5.74, 6) is -0.781. The number of unbranched alkanes of at least 4 members (excludes halogenated alkanes) is 2. The highest BCUT2D eigenvalue weighted by Gasteiger charge is 2.10. The molecule has 4 N–H and O–H groups in total. The average Bonchev–Trinajstić information content (AvgIpc) is 2.32. The molecule has 1 rings (SSSR count). The zero-order chi connectivity index (χ0) is 14.3. The summed E-state index contributed by atoms with van der Waals surface area (Å²) in [5, 5.41) is 22.1. The van der Waals surface area contributed by atoms with Gasteiger partial charge in [0.15, 0.2) is 0 Å². The number of carbonyl (C=O) groups is 1. The molecule has 19 heavy (non-hydrogen) atoms. The van der Waals surface area contributed by atoms with Gasteiger partial charge in [-0.1, -0.05) is 6.42 Å². The average molecular weight is 267 g/mol. The molecule has 0 amide bonds. The summed E-state index contributed by atoms with van der Waals surface area (Å²) in [6.07, 6.45) is 2.50. The number of nitrogens with two attached hydrogens (primary N) is 1. The second-order valence-electron chi connectivity index (χ2n) is 4.16. The highest BCUT2D eigenvalue weighted by atomic mass is 16.6. The molecular weight excluding hydrogens is 250 g/mol. The van der Waals surface area contributed by atoms with Crippen molar-refractivity contribution >= 4 is 23.0 Å². The van der Waals surface area contributed by atoms with E-state index in [1.807, 2.05) is 0 Å². The van der Waals surface area contributed by atoms with Crippen LogP contribution in [0.3, 0.4) is 0 Å². The van der Waals surface area contributed by atoms with E-state index in [9.17, 15) is 14.9 Å². The summed E-state index contributed by atoms with van der Waals surface area (Å²) < 4.78 is 0. The van der Waals surface area contributed by atoms with E-state index >= 15 is 0 Å². The fraction of sp³-hybridized carbons (Fsp3) is 0.417. The van der Waals surface area contributed by atoms with Crippen molar-refractivity contribution in [2.24, 2.45) is 0 Å². The lowest BCUT2D eigenvalue weighted by molar-refractivity contribution is -0.383. The highest BCUT2D eigenvalue weighted by molar-refractivity contribution is 5.66. The van der Waals surface area contributed by atoms with E-state index in [1.54, 1.807) is 6.07 Å². The van der Waals surface area contributed by atoms with E-state index in [4.69, 9.17) is 10.8 Å². The lowest BCUT2D eigenvalue weighted by Gasteiger charge is -2.07. The predicted molar refractivity (Wildman–Crippen MR) is 72.1 cm³/mol. The van der Waals surface area contributed by atoms with Crippen LogP contribution < -0.4 is 11.1 Å². The van der Waals surface area contributed by atoms with E-state index in [-0.39, 0.29) is 17.8 Å². The molecule has 0 fully saturated rings. The summed E-state index contributed by atoms with van der Waals surface area (Å²) in [5.41, 5.74) is 6.31. The number of benzene rings is 1. The standard InChI is InChI=1S/C12H17N3O4/c13-10-8-9(5-6-11(10)15(18)19)14-7-3-1-2-4-12(16)17/h5-6,8,14H,1-4,7,13H2,(H,16,17). The second kappa shape index (κ2) is 7.20. The number of anilines is 2. The van der Waals surface area contributed by atoms with Gasteiger partial charge in [-0.25, -0.2) is 0 Å². The number of carboxylic acid groups (broad SMARTS) is 1. The van der Waals surface area contributed by atoms with Crippen molar-refractivity contribution in [2.45, 2.75) is 25.7 Å². The number of hydrogen-bond acceptors (Lipinski definition) is 5. The number of nitrogens with zero attached hydrogens (tertiary/aromatic N) is 1. The minimum Gasteiger partial charge on any atom is -0.481 e. The highest BCUT2D eigenvalue weighted by Crippen LogP contribution is 2.24. The van der Waals surface area contributed by atoms with Crippen molar-refractivity contribution in [3.63, 3.8) is 0 Å². The molecule has 104 valence electrons. The SMILES string of the molecule is Nc1cc(NCCCCCC(=O)O)ccc1[N+](=O)[O-]. The fourth-order valence-electron chi connectivity index (χ4n) is 1.64. The Bertz CT molecular complexity index is 462. The van der Waals surface area contributed by atoms with Crippen molar-refractivity contribution in [1.82, 2.24) is 0 Å². The van der Waals surface area contributed by atoms with Crippen molar-refractivity contribution in [2.75, 3.05) is 17.6 Å². The Hall–Kier alpha value is -2.31. The molecule has 0 heterocycles. The van der Waals surface area contributed by atoms with E-state index in [0.717, 1.165) is 18.5 Å². The molecule has 1 aromatic rings. The number of nitrogen functional groups attached to an aromatic ring is 1. The van der Waals surface area contributed by atoms with Crippen LogP contribution in [0.2, 0.25) is 0 Å². The molecular formula is C12H17N3O4. The third-order valence-electron chi connectivity index (χ3n) is 2.62. The normalized spacial score (nSPS) is 10.1. The largest absolute Gasteiger partial charge is 0.481 e. The first-order valence-electron chi connectivity index (χ1n) is 6.00. The Morgan fingerprint density at radius 3 is 2.68 bits per heavy atom. The summed E-state index contributed by atoms with van der Waals surface area (Å²) in [4.78, 5) is 20.3. The maximum absolute atomic E-state index is 10.6. The van der Waals surface area contributed by atoms with Gasteiger partial charge in [0, 0.05) is 24.7 Å². The zero-order valence-electron chi connectivity index (χ0n) is 10.5. The topological polar surface area (TPSA) is 118 Å². The molecule has 0 spiro atoms. The molecule has 0 unspecified atom stereocenters. The van der Waals surface area contributed by atoms with Gasteiger partial charge in [-0.15, -0.1) is 0 Å². The molecule has 7 nitrogen and oxygen atoms in total. The number of nitro benzene ring substituents is 1. The molecule has 0 aromatic heterocycles.